The van der Waals surface area contributed by atoms with E-state index in [0.717, 1.165) is 28.3 Å². The van der Waals surface area contributed by atoms with Gasteiger partial charge in [0.2, 0.25) is 0 Å². The van der Waals surface area contributed by atoms with Crippen LogP contribution in [0.2, 0.25) is 0 Å². The molecule has 0 saturated heterocycles. The summed E-state index contributed by atoms with van der Waals surface area (Å²) in [6.45, 7) is 0. The molecule has 3 rings (SSSR count). The molecule has 0 atom stereocenters. The highest BCUT2D eigenvalue weighted by Gasteiger charge is 2.32. The van der Waals surface area contributed by atoms with Crippen LogP contribution in [-0.2, 0) is 9.37 Å². The highest BCUT2D eigenvalue weighted by Crippen LogP contribution is 2.55. The van der Waals surface area contributed by atoms with E-state index >= 15 is 0 Å². The van der Waals surface area contributed by atoms with Gasteiger partial charge in [-0.3, -0.25) is 0 Å². The van der Waals surface area contributed by atoms with Gasteiger partial charge >= 0.3 is 0 Å². The van der Waals surface area contributed by atoms with Crippen LogP contribution in [0.1, 0.15) is 64.2 Å². The summed E-state index contributed by atoms with van der Waals surface area (Å²) >= 11 is 1.08. The lowest BCUT2D eigenvalue weighted by Crippen LogP contribution is -2.26. The molecule has 0 heterocycles. The van der Waals surface area contributed by atoms with Crippen LogP contribution in [0.3, 0.4) is 0 Å². The molecule has 2 fully saturated rings. The second kappa shape index (κ2) is 9.39. The summed E-state index contributed by atoms with van der Waals surface area (Å²) in [6, 6.07) is 8.72. The molecule has 5 heteroatoms. The molecule has 1 aromatic carbocycles. The minimum absolute atomic E-state index is 0.0955. The third kappa shape index (κ3) is 4.93. The topological polar surface area (TPSA) is 38.7 Å². The van der Waals surface area contributed by atoms with E-state index < -0.39 is 0 Å². The molecule has 0 radical (unpaired) electrons. The standard InChI is InChI=1S/C18H27O3PS/c19-20-21-23-18-13-7-12-17(14-18)22(15-8-3-1-4-9-15)16-10-5-2-6-11-16/h7,12-16,19H,1-6,8-11H2. The van der Waals surface area contributed by atoms with Gasteiger partial charge < -0.3 is 0 Å². The van der Waals surface area contributed by atoms with Crippen LogP contribution in [-0.4, -0.2) is 16.6 Å². The lowest BCUT2D eigenvalue weighted by molar-refractivity contribution is -0.432. The quantitative estimate of drug-likeness (QED) is 0.299. The highest BCUT2D eigenvalue weighted by molar-refractivity contribution is 7.94. The van der Waals surface area contributed by atoms with Gasteiger partial charge in [-0.2, -0.15) is 0 Å². The van der Waals surface area contributed by atoms with Gasteiger partial charge in [0.15, 0.2) is 0 Å². The third-order valence-electron chi connectivity index (χ3n) is 5.21. The van der Waals surface area contributed by atoms with Crippen molar-refractivity contribution in [3.05, 3.63) is 24.3 Å². The Morgan fingerprint density at radius 2 is 1.52 bits per heavy atom. The molecular weight excluding hydrogens is 327 g/mol. The Labute approximate surface area is 145 Å². The first-order chi connectivity index (χ1) is 11.4. The van der Waals surface area contributed by atoms with E-state index in [1.54, 1.807) is 0 Å². The summed E-state index contributed by atoms with van der Waals surface area (Å²) < 4.78 is 4.62. The summed E-state index contributed by atoms with van der Waals surface area (Å²) in [5, 5.41) is 13.6. The van der Waals surface area contributed by atoms with Gasteiger partial charge in [-0.05, 0) is 54.4 Å². The monoisotopic (exact) mass is 354 g/mol. The van der Waals surface area contributed by atoms with Crippen molar-refractivity contribution in [2.45, 2.75) is 80.4 Å². The maximum Gasteiger partial charge on any atom is 0.0714 e. The molecule has 1 N–H and O–H groups in total. The molecule has 2 saturated carbocycles. The minimum Gasteiger partial charge on any atom is -0.220 e. The summed E-state index contributed by atoms with van der Waals surface area (Å²) in [5.41, 5.74) is 1.80. The van der Waals surface area contributed by atoms with E-state index in [1.165, 1.54) is 69.5 Å². The Kier molecular flexibility index (Phi) is 7.22. The predicted octanol–water partition coefficient (Wildman–Crippen LogP) is 5.89. The molecule has 3 nitrogen and oxygen atoms in total. The largest absolute Gasteiger partial charge is 0.220 e. The van der Waals surface area contributed by atoms with Crippen molar-refractivity contribution in [2.24, 2.45) is 0 Å². The Morgan fingerprint density at radius 3 is 2.09 bits per heavy atom. The fraction of sp³-hybridized carbons (Fsp3) is 0.667. The van der Waals surface area contributed by atoms with Gasteiger partial charge in [0, 0.05) is 4.90 Å². The van der Waals surface area contributed by atoms with Gasteiger partial charge in [0.1, 0.15) is 0 Å². The SMILES string of the molecule is OOOSc1cccc(P(C2CCCCC2)C2CCCCC2)c1. The van der Waals surface area contributed by atoms with Crippen molar-refractivity contribution in [1.29, 1.82) is 0 Å². The number of rotatable bonds is 6. The molecule has 0 spiro atoms. The van der Waals surface area contributed by atoms with Crippen LogP contribution in [0.15, 0.2) is 29.2 Å². The Hall–Kier alpha value is -0.120. The molecule has 0 amide bonds. The van der Waals surface area contributed by atoms with Gasteiger partial charge in [-0.25, -0.2) is 5.26 Å². The first kappa shape index (κ1) is 17.7. The summed E-state index contributed by atoms with van der Waals surface area (Å²) in [7, 11) is -0.0955. The Morgan fingerprint density at radius 1 is 0.913 bits per heavy atom. The fourth-order valence-corrected chi connectivity index (χ4v) is 8.52. The Bertz CT molecular complexity index is 455. The van der Waals surface area contributed by atoms with Crippen molar-refractivity contribution in [2.75, 3.05) is 0 Å². The van der Waals surface area contributed by atoms with Crippen molar-refractivity contribution >= 4 is 25.3 Å². The van der Waals surface area contributed by atoms with Gasteiger partial charge in [0.25, 0.3) is 0 Å². The molecule has 0 aromatic heterocycles. The van der Waals surface area contributed by atoms with Crippen molar-refractivity contribution in [1.82, 2.24) is 0 Å². The smallest absolute Gasteiger partial charge is 0.0714 e. The van der Waals surface area contributed by atoms with E-state index in [9.17, 15) is 0 Å². The average molecular weight is 354 g/mol. The summed E-state index contributed by atoms with van der Waals surface area (Å²) in [5.74, 6) is 0. The van der Waals surface area contributed by atoms with Crippen LogP contribution >= 0.6 is 20.0 Å². The van der Waals surface area contributed by atoms with E-state index in [0.29, 0.717) is 0 Å². The van der Waals surface area contributed by atoms with E-state index in [2.05, 4.69) is 27.6 Å². The zero-order valence-electron chi connectivity index (χ0n) is 13.7. The minimum atomic E-state index is -0.0955. The predicted molar refractivity (Wildman–Crippen MR) is 97.4 cm³/mol. The van der Waals surface area contributed by atoms with Gasteiger partial charge in [-0.15, -0.1) is 4.33 Å². The van der Waals surface area contributed by atoms with Crippen LogP contribution in [0.5, 0.6) is 0 Å². The zero-order valence-corrected chi connectivity index (χ0v) is 15.4. The van der Waals surface area contributed by atoms with Crippen molar-refractivity contribution in [3.63, 3.8) is 0 Å². The van der Waals surface area contributed by atoms with E-state index in [1.807, 2.05) is 6.07 Å². The van der Waals surface area contributed by atoms with Gasteiger partial charge in [-0.1, -0.05) is 63.6 Å². The summed E-state index contributed by atoms with van der Waals surface area (Å²) in [6.07, 6.45) is 14.1. The Balaban J connectivity index is 1.81. The summed E-state index contributed by atoms with van der Waals surface area (Å²) in [4.78, 5) is 1.01. The van der Waals surface area contributed by atoms with Crippen molar-refractivity contribution in [3.8, 4) is 0 Å². The molecular formula is C18H27O3PS. The number of hydrogen-bond donors (Lipinski definition) is 1. The highest BCUT2D eigenvalue weighted by atomic mass is 32.2. The lowest BCUT2D eigenvalue weighted by Gasteiger charge is -2.38. The van der Waals surface area contributed by atoms with Crippen molar-refractivity contribution < 1.29 is 14.6 Å². The maximum atomic E-state index is 8.37. The van der Waals surface area contributed by atoms with E-state index in [4.69, 9.17) is 5.26 Å². The fourth-order valence-electron chi connectivity index (χ4n) is 4.19. The third-order valence-corrected chi connectivity index (χ3v) is 9.27. The average Bonchev–Trinajstić information content (AvgIpc) is 2.62. The first-order valence-corrected chi connectivity index (χ1v) is 11.1. The van der Waals surface area contributed by atoms with Crippen LogP contribution in [0.25, 0.3) is 0 Å². The normalized spacial score (nSPS) is 21.0. The van der Waals surface area contributed by atoms with Crippen LogP contribution in [0.4, 0.5) is 0 Å². The molecule has 128 valence electrons. The molecule has 2 aliphatic carbocycles. The van der Waals surface area contributed by atoms with Crippen LogP contribution in [0, 0.1) is 0 Å². The molecule has 2 aliphatic rings. The molecule has 23 heavy (non-hydrogen) atoms. The maximum absolute atomic E-state index is 8.37. The molecule has 0 aliphatic heterocycles. The van der Waals surface area contributed by atoms with Gasteiger partial charge in [0.05, 0.1) is 12.0 Å². The molecule has 1 aromatic rings. The second-order valence-corrected chi connectivity index (χ2v) is 10.3. The number of benzene rings is 1. The van der Waals surface area contributed by atoms with Crippen LogP contribution < -0.4 is 5.30 Å². The number of hydrogen-bond acceptors (Lipinski definition) is 4. The van der Waals surface area contributed by atoms with E-state index in [-0.39, 0.29) is 7.92 Å². The zero-order chi connectivity index (χ0) is 15.9. The lowest BCUT2D eigenvalue weighted by atomic mass is 9.99. The molecule has 0 unspecified atom stereocenters. The second-order valence-electron chi connectivity index (χ2n) is 6.71. The molecule has 0 bridgehead atoms. The first-order valence-electron chi connectivity index (χ1n) is 8.91.